The molecule has 0 heterocycles. The van der Waals surface area contributed by atoms with Crippen molar-refractivity contribution < 1.29 is 9.59 Å². The van der Waals surface area contributed by atoms with Crippen LogP contribution in [0.2, 0.25) is 5.02 Å². The molecular formula is C24H31ClN2O2S. The largest absolute Gasteiger partial charge is 0.354 e. The van der Waals surface area contributed by atoms with E-state index in [1.165, 1.54) is 0 Å². The lowest BCUT2D eigenvalue weighted by Gasteiger charge is -2.30. The number of benzene rings is 2. The molecule has 162 valence electrons. The molecule has 2 aromatic carbocycles. The molecule has 0 unspecified atom stereocenters. The molecule has 0 saturated heterocycles. The highest BCUT2D eigenvalue weighted by Crippen LogP contribution is 2.22. The van der Waals surface area contributed by atoms with E-state index in [1.54, 1.807) is 16.7 Å². The van der Waals surface area contributed by atoms with Crippen molar-refractivity contribution in [3.63, 3.8) is 0 Å². The van der Waals surface area contributed by atoms with Gasteiger partial charge in [-0.05, 0) is 54.8 Å². The Morgan fingerprint density at radius 1 is 1.07 bits per heavy atom. The minimum absolute atomic E-state index is 0.0223. The first-order valence-corrected chi connectivity index (χ1v) is 11.9. The van der Waals surface area contributed by atoms with Crippen molar-refractivity contribution in [2.24, 2.45) is 0 Å². The van der Waals surface area contributed by atoms with Gasteiger partial charge in [0.2, 0.25) is 11.8 Å². The van der Waals surface area contributed by atoms with Gasteiger partial charge in [-0.1, -0.05) is 55.8 Å². The van der Waals surface area contributed by atoms with E-state index in [-0.39, 0.29) is 11.8 Å². The van der Waals surface area contributed by atoms with Crippen LogP contribution in [0.5, 0.6) is 0 Å². The second-order valence-corrected chi connectivity index (χ2v) is 8.73. The number of nitrogens with one attached hydrogen (secondary N) is 1. The highest BCUT2D eigenvalue weighted by Gasteiger charge is 2.27. The van der Waals surface area contributed by atoms with Gasteiger partial charge in [0.15, 0.2) is 0 Å². The number of hydrogen-bond donors (Lipinski definition) is 1. The van der Waals surface area contributed by atoms with Crippen molar-refractivity contribution in [2.75, 3.05) is 12.3 Å². The van der Waals surface area contributed by atoms with Gasteiger partial charge in [-0.3, -0.25) is 9.59 Å². The van der Waals surface area contributed by atoms with Gasteiger partial charge in [0.25, 0.3) is 0 Å². The van der Waals surface area contributed by atoms with Gasteiger partial charge in [0, 0.05) is 29.4 Å². The van der Waals surface area contributed by atoms with Crippen LogP contribution in [0.1, 0.15) is 45.1 Å². The minimum atomic E-state index is -0.451. The molecule has 0 bridgehead atoms. The van der Waals surface area contributed by atoms with E-state index in [1.807, 2.05) is 68.4 Å². The smallest absolute Gasteiger partial charge is 0.242 e. The van der Waals surface area contributed by atoms with E-state index < -0.39 is 6.04 Å². The molecule has 2 aromatic rings. The van der Waals surface area contributed by atoms with Gasteiger partial charge in [0.05, 0.1) is 0 Å². The van der Waals surface area contributed by atoms with E-state index in [0.717, 1.165) is 34.1 Å². The van der Waals surface area contributed by atoms with E-state index >= 15 is 0 Å². The molecule has 6 heteroatoms. The lowest BCUT2D eigenvalue weighted by molar-refractivity contribution is -0.141. The molecule has 0 aromatic heterocycles. The van der Waals surface area contributed by atoms with Crippen LogP contribution >= 0.6 is 23.4 Å². The first-order valence-electron chi connectivity index (χ1n) is 10.5. The molecule has 30 heavy (non-hydrogen) atoms. The standard InChI is InChI=1S/C24H31ClN2O2S/c1-3-16-26-24(29)22(4-2)27(18-19-9-6-5-7-10-19)23(28)11-8-17-30-21-14-12-20(25)13-15-21/h5-7,9-10,12-15,22H,3-4,8,11,16-18H2,1-2H3,(H,26,29)/t22-/m0/s1. The molecule has 2 amide bonds. The van der Waals surface area contributed by atoms with Gasteiger partial charge >= 0.3 is 0 Å². The summed E-state index contributed by atoms with van der Waals surface area (Å²) < 4.78 is 0. The van der Waals surface area contributed by atoms with Crippen molar-refractivity contribution in [1.82, 2.24) is 10.2 Å². The number of rotatable bonds is 12. The Bertz CT molecular complexity index is 784. The first kappa shape index (κ1) is 24.3. The Morgan fingerprint density at radius 2 is 1.77 bits per heavy atom. The van der Waals surface area contributed by atoms with Crippen molar-refractivity contribution in [3.05, 3.63) is 65.2 Å². The van der Waals surface area contributed by atoms with Gasteiger partial charge in [-0.15, -0.1) is 11.8 Å². The first-order chi connectivity index (χ1) is 14.5. The third kappa shape index (κ3) is 8.04. The molecule has 2 rings (SSSR count). The summed E-state index contributed by atoms with van der Waals surface area (Å²) in [5, 5.41) is 3.67. The van der Waals surface area contributed by atoms with Gasteiger partial charge in [-0.2, -0.15) is 0 Å². The predicted molar refractivity (Wildman–Crippen MR) is 126 cm³/mol. The average molecular weight is 447 g/mol. The number of carbonyl (C=O) groups is 2. The zero-order valence-electron chi connectivity index (χ0n) is 17.8. The zero-order chi connectivity index (χ0) is 21.8. The van der Waals surface area contributed by atoms with Crippen molar-refractivity contribution in [1.29, 1.82) is 0 Å². The van der Waals surface area contributed by atoms with Crippen LogP contribution < -0.4 is 5.32 Å². The Labute approximate surface area is 189 Å². The van der Waals surface area contributed by atoms with Crippen LogP contribution in [0.4, 0.5) is 0 Å². The molecule has 0 aliphatic carbocycles. The second-order valence-electron chi connectivity index (χ2n) is 7.13. The molecule has 0 spiro atoms. The van der Waals surface area contributed by atoms with Gasteiger partial charge in [0.1, 0.15) is 6.04 Å². The lowest BCUT2D eigenvalue weighted by atomic mass is 10.1. The molecule has 1 N–H and O–H groups in total. The van der Waals surface area contributed by atoms with Gasteiger partial charge in [-0.25, -0.2) is 0 Å². The molecule has 4 nitrogen and oxygen atoms in total. The molecular weight excluding hydrogens is 416 g/mol. The summed E-state index contributed by atoms with van der Waals surface area (Å²) >= 11 is 7.63. The Kier molecular flexibility index (Phi) is 10.8. The Morgan fingerprint density at radius 3 is 2.40 bits per heavy atom. The van der Waals surface area contributed by atoms with Crippen molar-refractivity contribution in [3.8, 4) is 0 Å². The SMILES string of the molecule is CCCNC(=O)[C@H](CC)N(Cc1ccccc1)C(=O)CCCSc1ccc(Cl)cc1. The molecule has 0 fully saturated rings. The topological polar surface area (TPSA) is 49.4 Å². The Hall–Kier alpha value is -1.98. The van der Waals surface area contributed by atoms with Crippen LogP contribution in [0.15, 0.2) is 59.5 Å². The highest BCUT2D eigenvalue weighted by atomic mass is 35.5. The van der Waals surface area contributed by atoms with E-state index in [9.17, 15) is 9.59 Å². The highest BCUT2D eigenvalue weighted by molar-refractivity contribution is 7.99. The Balaban J connectivity index is 1.99. The van der Waals surface area contributed by atoms with Crippen LogP contribution in [0.25, 0.3) is 0 Å². The number of thioether (sulfide) groups is 1. The summed E-state index contributed by atoms with van der Waals surface area (Å²) in [6.07, 6.45) is 2.64. The third-order valence-electron chi connectivity index (χ3n) is 4.75. The maximum Gasteiger partial charge on any atom is 0.242 e. The predicted octanol–water partition coefficient (Wildman–Crippen LogP) is 5.55. The number of nitrogens with zero attached hydrogens (tertiary/aromatic N) is 1. The quantitative estimate of drug-likeness (QED) is 0.343. The van der Waals surface area contributed by atoms with E-state index in [0.29, 0.717) is 25.9 Å². The monoisotopic (exact) mass is 446 g/mol. The zero-order valence-corrected chi connectivity index (χ0v) is 19.3. The van der Waals surface area contributed by atoms with E-state index in [2.05, 4.69) is 5.32 Å². The van der Waals surface area contributed by atoms with Crippen molar-refractivity contribution >= 4 is 35.2 Å². The maximum absolute atomic E-state index is 13.1. The summed E-state index contributed by atoms with van der Waals surface area (Å²) in [4.78, 5) is 28.7. The second kappa shape index (κ2) is 13.3. The minimum Gasteiger partial charge on any atom is -0.354 e. The van der Waals surface area contributed by atoms with Crippen molar-refractivity contribution in [2.45, 2.75) is 57.0 Å². The summed E-state index contributed by atoms with van der Waals surface area (Å²) in [5.74, 6) is 0.791. The number of carbonyl (C=O) groups excluding carboxylic acids is 2. The number of amides is 2. The summed E-state index contributed by atoms with van der Waals surface area (Å²) in [5.41, 5.74) is 1.03. The molecule has 0 aliphatic rings. The van der Waals surface area contributed by atoms with Crippen LogP contribution in [0, 0.1) is 0 Å². The fraction of sp³-hybridized carbons (Fsp3) is 0.417. The fourth-order valence-electron chi connectivity index (χ4n) is 3.15. The average Bonchev–Trinajstić information content (AvgIpc) is 2.76. The maximum atomic E-state index is 13.1. The summed E-state index contributed by atoms with van der Waals surface area (Å²) in [7, 11) is 0. The van der Waals surface area contributed by atoms with Crippen LogP contribution in [-0.2, 0) is 16.1 Å². The van der Waals surface area contributed by atoms with Gasteiger partial charge < -0.3 is 10.2 Å². The molecule has 0 radical (unpaired) electrons. The molecule has 0 saturated carbocycles. The van der Waals surface area contributed by atoms with Crippen LogP contribution in [-0.4, -0.2) is 35.1 Å². The summed E-state index contributed by atoms with van der Waals surface area (Å²) in [6, 6.07) is 17.1. The lowest BCUT2D eigenvalue weighted by Crippen LogP contribution is -2.49. The van der Waals surface area contributed by atoms with E-state index in [4.69, 9.17) is 11.6 Å². The molecule has 1 atom stereocenters. The summed E-state index contributed by atoms with van der Waals surface area (Å²) in [6.45, 7) is 5.05. The van der Waals surface area contributed by atoms with Crippen LogP contribution in [0.3, 0.4) is 0 Å². The molecule has 0 aliphatic heterocycles. The number of halogens is 1. The number of hydrogen-bond acceptors (Lipinski definition) is 3. The third-order valence-corrected chi connectivity index (χ3v) is 6.10. The fourth-order valence-corrected chi connectivity index (χ4v) is 4.13. The normalized spacial score (nSPS) is 11.7.